The predicted octanol–water partition coefficient (Wildman–Crippen LogP) is 4.79. The molecule has 9 heteroatoms. The zero-order valence-corrected chi connectivity index (χ0v) is 22.5. The van der Waals surface area contributed by atoms with Crippen LogP contribution in [0.1, 0.15) is 36.9 Å². The Kier molecular flexibility index (Phi) is 6.92. The second kappa shape index (κ2) is 10.5. The molecule has 0 unspecified atom stereocenters. The topological polar surface area (TPSA) is 58.3 Å². The quantitative estimate of drug-likeness (QED) is 0.401. The molecule has 6 rings (SSSR count). The maximum Gasteiger partial charge on any atom is 0.416 e. The van der Waals surface area contributed by atoms with E-state index in [9.17, 15) is 13.2 Å². The minimum atomic E-state index is -4.39. The van der Waals surface area contributed by atoms with E-state index < -0.39 is 11.7 Å². The molecule has 1 saturated heterocycles. The number of pyridine rings is 1. The number of benzene rings is 2. The van der Waals surface area contributed by atoms with Gasteiger partial charge in [0.15, 0.2) is 0 Å². The predicted molar refractivity (Wildman–Crippen MR) is 151 cm³/mol. The van der Waals surface area contributed by atoms with Crippen LogP contribution in [0.4, 0.5) is 24.5 Å². The van der Waals surface area contributed by atoms with E-state index in [1.54, 1.807) is 6.20 Å². The summed E-state index contributed by atoms with van der Waals surface area (Å²) in [5.41, 5.74) is 4.10. The highest BCUT2D eigenvalue weighted by Gasteiger charge is 2.30. The SMILES string of the molecule is Cc1ccc(Nc2cc3nc4c(n(-c5ccc(C(F)(F)F)cc5)c-3cc2=NC2CCN(C)CC2)=CCCC=4)cn1. The van der Waals surface area contributed by atoms with Crippen molar-refractivity contribution in [3.05, 3.63) is 82.0 Å². The van der Waals surface area contributed by atoms with Crippen LogP contribution in [0.2, 0.25) is 0 Å². The lowest BCUT2D eigenvalue weighted by Gasteiger charge is -2.26. The van der Waals surface area contributed by atoms with E-state index in [-0.39, 0.29) is 6.04 Å². The molecule has 206 valence electrons. The first-order chi connectivity index (χ1) is 19.2. The molecule has 6 nitrogen and oxygen atoms in total. The fourth-order valence-electron chi connectivity index (χ4n) is 5.35. The third-order valence-electron chi connectivity index (χ3n) is 7.57. The number of hydrogen-bond acceptors (Lipinski definition) is 5. The molecule has 1 fully saturated rings. The maximum absolute atomic E-state index is 13.3. The molecule has 4 aliphatic rings. The van der Waals surface area contributed by atoms with Crippen LogP contribution in [0, 0.1) is 6.92 Å². The first-order valence-electron chi connectivity index (χ1n) is 13.6. The molecule has 2 aliphatic heterocycles. The van der Waals surface area contributed by atoms with Gasteiger partial charge in [0.25, 0.3) is 0 Å². The van der Waals surface area contributed by atoms with E-state index in [0.29, 0.717) is 5.69 Å². The molecule has 40 heavy (non-hydrogen) atoms. The minimum absolute atomic E-state index is 0.176. The Morgan fingerprint density at radius 1 is 0.975 bits per heavy atom. The molecule has 0 bridgehead atoms. The summed E-state index contributed by atoms with van der Waals surface area (Å²) in [4.78, 5) is 16.9. The van der Waals surface area contributed by atoms with Crippen molar-refractivity contribution in [1.29, 1.82) is 0 Å². The van der Waals surface area contributed by atoms with Crippen molar-refractivity contribution in [3.63, 3.8) is 0 Å². The molecule has 1 aromatic carbocycles. The van der Waals surface area contributed by atoms with Crippen LogP contribution in [-0.2, 0) is 6.18 Å². The van der Waals surface area contributed by atoms with E-state index in [1.807, 2.05) is 35.8 Å². The van der Waals surface area contributed by atoms with Gasteiger partial charge in [0.1, 0.15) is 0 Å². The Morgan fingerprint density at radius 3 is 2.42 bits per heavy atom. The molecule has 2 aliphatic carbocycles. The molecule has 1 N–H and O–H groups in total. The second-order valence-corrected chi connectivity index (χ2v) is 10.6. The molecular formula is C31H31F3N6. The highest BCUT2D eigenvalue weighted by Crippen LogP contribution is 2.30. The van der Waals surface area contributed by atoms with Gasteiger partial charge in [-0.3, -0.25) is 9.98 Å². The molecule has 3 heterocycles. The van der Waals surface area contributed by atoms with Crippen LogP contribution in [0.5, 0.6) is 0 Å². The summed E-state index contributed by atoms with van der Waals surface area (Å²) in [5.74, 6) is 0. The number of alkyl halides is 3. The monoisotopic (exact) mass is 544 g/mol. The number of likely N-dealkylation sites (tertiary alicyclic amines) is 1. The Labute approximate surface area is 230 Å². The zero-order chi connectivity index (χ0) is 27.9. The lowest BCUT2D eigenvalue weighted by Crippen LogP contribution is -2.40. The number of aromatic nitrogens is 3. The number of nitrogens with zero attached hydrogens (tertiary/aromatic N) is 5. The van der Waals surface area contributed by atoms with Crippen molar-refractivity contribution < 1.29 is 13.2 Å². The summed E-state index contributed by atoms with van der Waals surface area (Å²) in [6.07, 6.45) is 5.23. The summed E-state index contributed by atoms with van der Waals surface area (Å²) in [5, 5.41) is 5.99. The van der Waals surface area contributed by atoms with Gasteiger partial charge in [0.05, 0.1) is 56.6 Å². The Bertz CT molecular complexity index is 1680. The van der Waals surface area contributed by atoms with E-state index in [0.717, 1.165) is 95.4 Å². The van der Waals surface area contributed by atoms with Gasteiger partial charge in [-0.05, 0) is 101 Å². The average molecular weight is 545 g/mol. The van der Waals surface area contributed by atoms with Crippen molar-refractivity contribution in [2.24, 2.45) is 4.99 Å². The minimum Gasteiger partial charge on any atom is -0.352 e. The van der Waals surface area contributed by atoms with Crippen molar-refractivity contribution in [3.8, 4) is 17.1 Å². The van der Waals surface area contributed by atoms with Gasteiger partial charge in [-0.25, -0.2) is 4.98 Å². The summed E-state index contributed by atoms with van der Waals surface area (Å²) in [6.45, 7) is 3.91. The van der Waals surface area contributed by atoms with Crippen LogP contribution < -0.4 is 21.4 Å². The highest BCUT2D eigenvalue weighted by atomic mass is 19.4. The standard InChI is InChI=1S/C31H31F3N6/c1-20-7-10-23(19-35-20)37-26-17-28-30(18-27(26)36-22-13-15-39(2)16-14-22)40(29-6-4-3-5-25(29)38-28)24-11-8-21(9-12-24)31(32,33)34/h5-12,17-19,22,37H,3-4,13-16H2,1-2H3. The van der Waals surface area contributed by atoms with Crippen LogP contribution >= 0.6 is 0 Å². The van der Waals surface area contributed by atoms with Crippen LogP contribution in [0.3, 0.4) is 0 Å². The number of hydrogen-bond donors (Lipinski definition) is 1. The Hall–Kier alpha value is -3.98. The Balaban J connectivity index is 1.57. The normalized spacial score (nSPS) is 16.9. The van der Waals surface area contributed by atoms with Crippen LogP contribution in [0.15, 0.2) is 59.7 Å². The van der Waals surface area contributed by atoms with Gasteiger partial charge in [0.2, 0.25) is 0 Å². The van der Waals surface area contributed by atoms with Crippen molar-refractivity contribution >= 4 is 23.5 Å². The number of anilines is 2. The number of piperidine rings is 1. The van der Waals surface area contributed by atoms with Gasteiger partial charge in [0, 0.05) is 11.4 Å². The van der Waals surface area contributed by atoms with Crippen LogP contribution in [-0.4, -0.2) is 45.6 Å². The third kappa shape index (κ3) is 5.38. The molecule has 0 atom stereocenters. The fraction of sp³-hybridized carbons (Fsp3) is 0.323. The zero-order valence-electron chi connectivity index (χ0n) is 22.5. The third-order valence-corrected chi connectivity index (χ3v) is 7.57. The lowest BCUT2D eigenvalue weighted by molar-refractivity contribution is -0.137. The van der Waals surface area contributed by atoms with Crippen molar-refractivity contribution in [2.45, 2.75) is 44.8 Å². The fourth-order valence-corrected chi connectivity index (χ4v) is 5.35. The molecule has 0 spiro atoms. The summed E-state index contributed by atoms with van der Waals surface area (Å²) in [6, 6.07) is 13.5. The first kappa shape index (κ1) is 26.3. The largest absolute Gasteiger partial charge is 0.416 e. The number of nitrogens with one attached hydrogen (secondary N) is 1. The second-order valence-electron chi connectivity index (χ2n) is 10.6. The van der Waals surface area contributed by atoms with E-state index in [2.05, 4.69) is 34.4 Å². The smallest absolute Gasteiger partial charge is 0.352 e. The van der Waals surface area contributed by atoms with Gasteiger partial charge in [-0.15, -0.1) is 0 Å². The molecule has 0 amide bonds. The first-order valence-corrected chi connectivity index (χ1v) is 13.6. The van der Waals surface area contributed by atoms with E-state index >= 15 is 0 Å². The number of rotatable bonds is 4. The number of halogens is 3. The summed E-state index contributed by atoms with van der Waals surface area (Å²) < 4.78 is 42.0. The van der Waals surface area contributed by atoms with Gasteiger partial charge in [-0.2, -0.15) is 13.2 Å². The van der Waals surface area contributed by atoms with Gasteiger partial charge >= 0.3 is 6.18 Å². The summed E-state index contributed by atoms with van der Waals surface area (Å²) in [7, 11) is 2.12. The van der Waals surface area contributed by atoms with Crippen molar-refractivity contribution in [1.82, 2.24) is 19.4 Å². The summed E-state index contributed by atoms with van der Waals surface area (Å²) >= 11 is 0. The van der Waals surface area contributed by atoms with Crippen molar-refractivity contribution in [2.75, 3.05) is 25.5 Å². The maximum atomic E-state index is 13.3. The molecule has 2 aromatic rings. The highest BCUT2D eigenvalue weighted by molar-refractivity contribution is 5.70. The van der Waals surface area contributed by atoms with Gasteiger partial charge < -0.3 is 14.8 Å². The van der Waals surface area contributed by atoms with Crippen LogP contribution in [0.25, 0.3) is 29.2 Å². The van der Waals surface area contributed by atoms with E-state index in [4.69, 9.17) is 9.98 Å². The number of fused-ring (bicyclic) bond motifs is 2. The average Bonchev–Trinajstić information content (AvgIpc) is 2.94. The Morgan fingerprint density at radius 2 is 1.73 bits per heavy atom. The lowest BCUT2D eigenvalue weighted by atomic mass is 10.1. The molecular weight excluding hydrogens is 513 g/mol. The molecule has 0 saturated carbocycles. The van der Waals surface area contributed by atoms with Gasteiger partial charge in [-0.1, -0.05) is 12.2 Å². The molecule has 0 radical (unpaired) electrons. The number of aryl methyl sites for hydroxylation is 1. The molecule has 1 aromatic heterocycles. The van der Waals surface area contributed by atoms with E-state index in [1.165, 1.54) is 12.1 Å².